The van der Waals surface area contributed by atoms with Gasteiger partial charge in [0.1, 0.15) is 16.4 Å². The van der Waals surface area contributed by atoms with Crippen LogP contribution < -0.4 is 5.32 Å². The van der Waals surface area contributed by atoms with E-state index in [4.69, 9.17) is 0 Å². The number of carbonyl (C=O) groups is 1. The molecule has 0 unspecified atom stereocenters. The molecular weight excluding hydrogens is 346 g/mol. The van der Waals surface area contributed by atoms with Crippen molar-refractivity contribution in [3.63, 3.8) is 0 Å². The summed E-state index contributed by atoms with van der Waals surface area (Å²) in [6.45, 7) is 12.0. The maximum atomic E-state index is 12.8. The fourth-order valence-electron chi connectivity index (χ4n) is 2.82. The Labute approximate surface area is 157 Å². The first kappa shape index (κ1) is 18.3. The van der Waals surface area contributed by atoms with E-state index >= 15 is 0 Å². The van der Waals surface area contributed by atoms with Crippen LogP contribution in [0.4, 0.5) is 5.69 Å². The summed E-state index contributed by atoms with van der Waals surface area (Å²) in [5.41, 5.74) is 2.92. The van der Waals surface area contributed by atoms with Crippen molar-refractivity contribution >= 4 is 33.1 Å². The maximum Gasteiger partial charge on any atom is 0.266 e. The Morgan fingerprint density at radius 2 is 1.85 bits per heavy atom. The number of carbonyl (C=O) groups excluding carboxylic acids is 1. The monoisotopic (exact) mass is 369 g/mol. The van der Waals surface area contributed by atoms with E-state index in [1.54, 1.807) is 12.1 Å². The number of anilines is 1. The van der Waals surface area contributed by atoms with E-state index in [-0.39, 0.29) is 17.1 Å². The molecule has 1 aromatic carbocycles. The first-order chi connectivity index (χ1) is 12.1. The summed E-state index contributed by atoms with van der Waals surface area (Å²) in [6, 6.07) is 5.17. The number of benzene rings is 1. The van der Waals surface area contributed by atoms with Gasteiger partial charge in [-0.25, -0.2) is 9.97 Å². The van der Waals surface area contributed by atoms with Crippen LogP contribution in [0, 0.1) is 20.8 Å². The molecule has 0 aliphatic carbocycles. The predicted octanol–water partition coefficient (Wildman–Crippen LogP) is 4.87. The molecule has 2 N–H and O–H groups in total. The number of nitrogens with one attached hydrogen (secondary N) is 1. The summed E-state index contributed by atoms with van der Waals surface area (Å²) >= 11 is 1.36. The fourth-order valence-corrected chi connectivity index (χ4v) is 3.94. The van der Waals surface area contributed by atoms with Gasteiger partial charge in [0, 0.05) is 10.8 Å². The van der Waals surface area contributed by atoms with E-state index in [9.17, 15) is 9.90 Å². The van der Waals surface area contributed by atoms with Gasteiger partial charge in [-0.1, -0.05) is 26.8 Å². The maximum absolute atomic E-state index is 12.8. The van der Waals surface area contributed by atoms with E-state index in [0.717, 1.165) is 32.9 Å². The molecular formula is C20H23N3O2S. The number of amides is 1. The SMILES string of the molecule is Cc1ccc(NC(=O)c2sc3nc(C(C)(C)C)nc(C)c3c2C)c(O)c1. The number of thiophene rings is 1. The Bertz CT molecular complexity index is 1020. The average Bonchev–Trinajstić information content (AvgIpc) is 2.87. The minimum atomic E-state index is -0.249. The number of phenols is 1. The summed E-state index contributed by atoms with van der Waals surface area (Å²) in [4.78, 5) is 23.5. The highest BCUT2D eigenvalue weighted by Crippen LogP contribution is 2.34. The van der Waals surface area contributed by atoms with Crippen LogP contribution in [0.25, 0.3) is 10.2 Å². The molecule has 0 spiro atoms. The minimum Gasteiger partial charge on any atom is -0.506 e. The molecule has 3 aromatic rings. The number of hydrogen-bond donors (Lipinski definition) is 2. The van der Waals surface area contributed by atoms with Crippen molar-refractivity contribution in [2.24, 2.45) is 0 Å². The number of phenolic OH excluding ortho intramolecular Hbond substituents is 1. The lowest BCUT2D eigenvalue weighted by atomic mass is 9.95. The Balaban J connectivity index is 2.03. The van der Waals surface area contributed by atoms with Gasteiger partial charge in [0.2, 0.25) is 0 Å². The van der Waals surface area contributed by atoms with E-state index in [1.807, 2.05) is 26.8 Å². The molecule has 2 aromatic heterocycles. The lowest BCUT2D eigenvalue weighted by Gasteiger charge is -2.16. The third-order valence-electron chi connectivity index (χ3n) is 4.25. The van der Waals surface area contributed by atoms with Crippen LogP contribution in [-0.4, -0.2) is 21.0 Å². The zero-order valence-corrected chi connectivity index (χ0v) is 16.7. The Morgan fingerprint density at radius 3 is 2.46 bits per heavy atom. The molecule has 0 aliphatic rings. The Morgan fingerprint density at radius 1 is 1.15 bits per heavy atom. The van der Waals surface area contributed by atoms with Gasteiger partial charge in [-0.2, -0.15) is 0 Å². The summed E-state index contributed by atoms with van der Waals surface area (Å²) in [7, 11) is 0. The minimum absolute atomic E-state index is 0.0584. The van der Waals surface area contributed by atoms with Crippen LogP contribution in [0.15, 0.2) is 18.2 Å². The fraction of sp³-hybridized carbons (Fsp3) is 0.350. The van der Waals surface area contributed by atoms with Crippen molar-refractivity contribution in [2.75, 3.05) is 5.32 Å². The molecule has 0 bridgehead atoms. The molecule has 2 heterocycles. The van der Waals surface area contributed by atoms with Crippen LogP contribution in [0.5, 0.6) is 5.75 Å². The van der Waals surface area contributed by atoms with Crippen LogP contribution >= 0.6 is 11.3 Å². The molecule has 3 rings (SSSR count). The molecule has 0 aliphatic heterocycles. The van der Waals surface area contributed by atoms with Gasteiger partial charge in [-0.05, 0) is 44.0 Å². The standard InChI is InChI=1S/C20H23N3O2S/c1-10-7-8-13(14(24)9-10)22-17(25)16-11(2)15-12(3)21-19(20(4,5)6)23-18(15)26-16/h7-9,24H,1-6H3,(H,22,25). The second-order valence-corrected chi connectivity index (χ2v) is 8.59. The zero-order chi connectivity index (χ0) is 19.2. The van der Waals surface area contributed by atoms with E-state index in [1.165, 1.54) is 11.3 Å². The summed E-state index contributed by atoms with van der Waals surface area (Å²) in [5.74, 6) is 0.580. The van der Waals surface area contributed by atoms with Gasteiger partial charge in [-0.3, -0.25) is 4.79 Å². The van der Waals surface area contributed by atoms with Gasteiger partial charge >= 0.3 is 0 Å². The molecule has 0 radical (unpaired) electrons. The van der Waals surface area contributed by atoms with Crippen molar-refractivity contribution in [3.8, 4) is 5.75 Å². The highest BCUT2D eigenvalue weighted by Gasteiger charge is 2.23. The van der Waals surface area contributed by atoms with Crippen LogP contribution in [0.1, 0.15) is 53.1 Å². The first-order valence-electron chi connectivity index (χ1n) is 8.47. The number of aryl methyl sites for hydroxylation is 3. The lowest BCUT2D eigenvalue weighted by molar-refractivity contribution is 0.102. The third kappa shape index (κ3) is 3.29. The number of rotatable bonds is 2. The van der Waals surface area contributed by atoms with Gasteiger partial charge in [-0.15, -0.1) is 11.3 Å². The quantitative estimate of drug-likeness (QED) is 0.632. The van der Waals surface area contributed by atoms with Crippen LogP contribution in [-0.2, 0) is 5.41 Å². The van der Waals surface area contributed by atoms with Gasteiger partial charge in [0.15, 0.2) is 0 Å². The molecule has 0 saturated carbocycles. The van der Waals surface area contributed by atoms with Gasteiger partial charge < -0.3 is 10.4 Å². The second kappa shape index (κ2) is 6.36. The van der Waals surface area contributed by atoms with E-state index in [0.29, 0.717) is 10.6 Å². The lowest BCUT2D eigenvalue weighted by Crippen LogP contribution is -2.16. The van der Waals surface area contributed by atoms with Gasteiger partial charge in [0.05, 0.1) is 16.3 Å². The summed E-state index contributed by atoms with van der Waals surface area (Å²) < 4.78 is 0. The largest absolute Gasteiger partial charge is 0.506 e. The van der Waals surface area contributed by atoms with Crippen molar-refractivity contribution in [1.29, 1.82) is 0 Å². The van der Waals surface area contributed by atoms with Crippen LogP contribution in [0.2, 0.25) is 0 Å². The number of fused-ring (bicyclic) bond motifs is 1. The van der Waals surface area contributed by atoms with Gasteiger partial charge in [0.25, 0.3) is 5.91 Å². The van der Waals surface area contributed by atoms with Crippen molar-refractivity contribution < 1.29 is 9.90 Å². The molecule has 26 heavy (non-hydrogen) atoms. The Kier molecular flexibility index (Phi) is 4.48. The zero-order valence-electron chi connectivity index (χ0n) is 15.9. The van der Waals surface area contributed by atoms with E-state index < -0.39 is 0 Å². The molecule has 1 amide bonds. The smallest absolute Gasteiger partial charge is 0.266 e. The summed E-state index contributed by atoms with van der Waals surface area (Å²) in [5, 5.41) is 13.8. The number of hydrogen-bond acceptors (Lipinski definition) is 5. The molecule has 0 saturated heterocycles. The Hall–Kier alpha value is -2.47. The average molecular weight is 369 g/mol. The summed E-state index contributed by atoms with van der Waals surface area (Å²) in [6.07, 6.45) is 0. The highest BCUT2D eigenvalue weighted by atomic mass is 32.1. The van der Waals surface area contributed by atoms with Crippen molar-refractivity contribution in [3.05, 3.63) is 45.7 Å². The molecule has 0 fully saturated rings. The van der Waals surface area contributed by atoms with Crippen molar-refractivity contribution in [1.82, 2.24) is 9.97 Å². The third-order valence-corrected chi connectivity index (χ3v) is 5.43. The van der Waals surface area contributed by atoms with E-state index in [2.05, 4.69) is 36.1 Å². The predicted molar refractivity (Wildman–Crippen MR) is 106 cm³/mol. The van der Waals surface area contributed by atoms with Crippen LogP contribution in [0.3, 0.4) is 0 Å². The molecule has 0 atom stereocenters. The second-order valence-electron chi connectivity index (χ2n) is 7.59. The number of aromatic nitrogens is 2. The molecule has 6 heteroatoms. The normalized spacial score (nSPS) is 11.8. The topological polar surface area (TPSA) is 75.1 Å². The number of aromatic hydroxyl groups is 1. The van der Waals surface area contributed by atoms with Crippen molar-refractivity contribution in [2.45, 2.75) is 47.0 Å². The highest BCUT2D eigenvalue weighted by molar-refractivity contribution is 7.20. The first-order valence-corrected chi connectivity index (χ1v) is 9.28. The number of nitrogens with zero attached hydrogens (tertiary/aromatic N) is 2. The molecule has 136 valence electrons. The molecule has 5 nitrogen and oxygen atoms in total.